The van der Waals surface area contributed by atoms with Crippen molar-refractivity contribution in [3.63, 3.8) is 0 Å². The van der Waals surface area contributed by atoms with E-state index in [1.807, 2.05) is 13.0 Å². The van der Waals surface area contributed by atoms with Gasteiger partial charge in [0.1, 0.15) is 5.60 Å². The van der Waals surface area contributed by atoms with Crippen LogP contribution in [0.4, 0.5) is 0 Å². The third-order valence-electron chi connectivity index (χ3n) is 2.22. The zero-order valence-electron chi connectivity index (χ0n) is 12.8. The van der Waals surface area contributed by atoms with Crippen LogP contribution < -0.4 is 5.32 Å². The fourth-order valence-corrected chi connectivity index (χ4v) is 1.38. The molecule has 0 aliphatic rings. The van der Waals surface area contributed by atoms with Crippen LogP contribution in [0.25, 0.3) is 0 Å². The largest absolute Gasteiger partial charge is 0.460 e. The average Bonchev–Trinajstić information content (AvgIpc) is 2.32. The van der Waals surface area contributed by atoms with Gasteiger partial charge < -0.3 is 10.1 Å². The number of amides is 1. The van der Waals surface area contributed by atoms with E-state index in [1.54, 1.807) is 26.8 Å². The summed E-state index contributed by atoms with van der Waals surface area (Å²) >= 11 is 0. The molecule has 114 valence electrons. The summed E-state index contributed by atoms with van der Waals surface area (Å²) in [6.07, 6.45) is 5.16. The van der Waals surface area contributed by atoms with Crippen molar-refractivity contribution in [3.05, 3.63) is 12.2 Å². The van der Waals surface area contributed by atoms with Crippen molar-refractivity contribution in [2.75, 3.05) is 6.54 Å². The predicted octanol–water partition coefficient (Wildman–Crippen LogP) is 2.15. The Morgan fingerprint density at radius 1 is 1.15 bits per heavy atom. The molecule has 0 aliphatic heterocycles. The van der Waals surface area contributed by atoms with E-state index in [2.05, 4.69) is 5.32 Å². The lowest BCUT2D eigenvalue weighted by Crippen LogP contribution is -2.32. The molecule has 1 amide bonds. The summed E-state index contributed by atoms with van der Waals surface area (Å²) in [5, 5.41) is 2.50. The van der Waals surface area contributed by atoms with Crippen LogP contribution in [-0.4, -0.2) is 29.8 Å². The number of esters is 1. The highest BCUT2D eigenvalue weighted by molar-refractivity contribution is 6.36. The number of hydrogen-bond donors (Lipinski definition) is 1. The van der Waals surface area contributed by atoms with Gasteiger partial charge in [-0.25, -0.2) is 0 Å². The number of rotatable bonds is 8. The highest BCUT2D eigenvalue weighted by Gasteiger charge is 2.16. The second-order valence-electron chi connectivity index (χ2n) is 5.45. The first-order valence-electron chi connectivity index (χ1n) is 6.94. The van der Waals surface area contributed by atoms with Crippen molar-refractivity contribution in [1.82, 2.24) is 5.32 Å². The highest BCUT2D eigenvalue weighted by Crippen LogP contribution is 2.08. The third-order valence-corrected chi connectivity index (χ3v) is 2.22. The van der Waals surface area contributed by atoms with Gasteiger partial charge in [-0.05, 0) is 33.6 Å². The van der Waals surface area contributed by atoms with E-state index in [-0.39, 0.29) is 18.8 Å². The van der Waals surface area contributed by atoms with Crippen molar-refractivity contribution in [2.24, 2.45) is 0 Å². The summed E-state index contributed by atoms with van der Waals surface area (Å²) in [6.45, 7) is 7.65. The Bertz CT molecular complexity index is 367. The fraction of sp³-hybridized carbons (Fsp3) is 0.667. The van der Waals surface area contributed by atoms with Crippen LogP contribution in [0.3, 0.4) is 0 Å². The van der Waals surface area contributed by atoms with E-state index in [1.165, 1.54) is 0 Å². The molecule has 0 atom stereocenters. The number of carbonyl (C=O) groups excluding carboxylic acids is 3. The molecule has 0 heterocycles. The van der Waals surface area contributed by atoms with Gasteiger partial charge in [-0.3, -0.25) is 14.4 Å². The molecule has 0 radical (unpaired) electrons. The van der Waals surface area contributed by atoms with Crippen molar-refractivity contribution in [3.8, 4) is 0 Å². The van der Waals surface area contributed by atoms with Crippen LogP contribution in [0.2, 0.25) is 0 Å². The zero-order chi connectivity index (χ0) is 15.6. The Balaban J connectivity index is 3.79. The van der Waals surface area contributed by atoms with E-state index in [9.17, 15) is 14.4 Å². The molecule has 0 spiro atoms. The van der Waals surface area contributed by atoms with E-state index >= 15 is 0 Å². The molecule has 5 heteroatoms. The molecular weight excluding hydrogens is 258 g/mol. The molecule has 0 saturated heterocycles. The first kappa shape index (κ1) is 18.4. The second kappa shape index (κ2) is 9.28. The number of allylic oxidation sites excluding steroid dienone is 2. The van der Waals surface area contributed by atoms with Gasteiger partial charge in [-0.2, -0.15) is 0 Å². The van der Waals surface area contributed by atoms with E-state index in [0.717, 1.165) is 6.42 Å². The summed E-state index contributed by atoms with van der Waals surface area (Å²) in [5.74, 6) is -1.37. The molecule has 0 aromatic heterocycles. The predicted molar refractivity (Wildman–Crippen MR) is 77.1 cm³/mol. The third kappa shape index (κ3) is 10.3. The fourth-order valence-electron chi connectivity index (χ4n) is 1.38. The highest BCUT2D eigenvalue weighted by atomic mass is 16.6. The number of nitrogens with one attached hydrogen (secondary N) is 1. The lowest BCUT2D eigenvalue weighted by atomic mass is 10.2. The van der Waals surface area contributed by atoms with Crippen LogP contribution in [0.15, 0.2) is 12.2 Å². The minimum atomic E-state index is -0.602. The van der Waals surface area contributed by atoms with Gasteiger partial charge in [-0.15, -0.1) is 0 Å². The minimum absolute atomic E-state index is 0.117. The van der Waals surface area contributed by atoms with E-state index < -0.39 is 17.3 Å². The van der Waals surface area contributed by atoms with Crippen LogP contribution in [-0.2, 0) is 19.1 Å². The minimum Gasteiger partial charge on any atom is -0.460 e. The number of ketones is 1. The van der Waals surface area contributed by atoms with Gasteiger partial charge in [0.05, 0.1) is 0 Å². The maximum Gasteiger partial charge on any atom is 0.306 e. The average molecular weight is 283 g/mol. The summed E-state index contributed by atoms with van der Waals surface area (Å²) in [7, 11) is 0. The summed E-state index contributed by atoms with van der Waals surface area (Å²) in [5.41, 5.74) is -0.498. The van der Waals surface area contributed by atoms with Gasteiger partial charge in [0.25, 0.3) is 5.91 Å². The second-order valence-corrected chi connectivity index (χ2v) is 5.45. The smallest absolute Gasteiger partial charge is 0.306 e. The monoisotopic (exact) mass is 283 g/mol. The molecule has 0 rings (SSSR count). The quantitative estimate of drug-likeness (QED) is 0.320. The molecule has 1 N–H and O–H groups in total. The summed E-state index contributed by atoms with van der Waals surface area (Å²) in [6, 6.07) is 0. The Kier molecular flexibility index (Phi) is 8.52. The lowest BCUT2D eigenvalue weighted by molar-refractivity contribution is -0.154. The molecule has 0 aromatic rings. The van der Waals surface area contributed by atoms with Crippen molar-refractivity contribution in [2.45, 2.75) is 59.0 Å². The van der Waals surface area contributed by atoms with Crippen molar-refractivity contribution >= 4 is 17.7 Å². The summed E-state index contributed by atoms with van der Waals surface area (Å²) < 4.78 is 5.13. The van der Waals surface area contributed by atoms with Gasteiger partial charge in [0, 0.05) is 19.4 Å². The molecule has 0 saturated carbocycles. The lowest BCUT2D eigenvalue weighted by Gasteiger charge is -2.19. The number of carbonyl (C=O) groups is 3. The number of Topliss-reactive ketones (excluding diaryl/α,β-unsaturated/α-hetero) is 1. The van der Waals surface area contributed by atoms with Crippen molar-refractivity contribution in [1.29, 1.82) is 0 Å². The molecule has 0 bridgehead atoms. The molecule has 0 aromatic carbocycles. The number of hydrogen-bond acceptors (Lipinski definition) is 4. The topological polar surface area (TPSA) is 72.5 Å². The van der Waals surface area contributed by atoms with Gasteiger partial charge in [0.2, 0.25) is 5.78 Å². The standard InChI is InChI=1S/C15H25NO4/c1-5-6-7-9-12(17)14(19)16-11-8-10-13(18)20-15(2,3)4/h6-7H,5,8-11H2,1-4H3,(H,16,19)/b7-6-. The molecule has 0 aliphatic carbocycles. The first-order valence-corrected chi connectivity index (χ1v) is 6.94. The Morgan fingerprint density at radius 2 is 1.80 bits per heavy atom. The zero-order valence-corrected chi connectivity index (χ0v) is 12.8. The van der Waals surface area contributed by atoms with Gasteiger partial charge in [-0.1, -0.05) is 19.1 Å². The van der Waals surface area contributed by atoms with Crippen LogP contribution in [0, 0.1) is 0 Å². The normalized spacial score (nSPS) is 11.4. The van der Waals surface area contributed by atoms with Gasteiger partial charge in [0.15, 0.2) is 0 Å². The van der Waals surface area contributed by atoms with Gasteiger partial charge >= 0.3 is 5.97 Å². The van der Waals surface area contributed by atoms with E-state index in [0.29, 0.717) is 13.0 Å². The Hall–Kier alpha value is -1.65. The summed E-state index contributed by atoms with van der Waals surface area (Å²) in [4.78, 5) is 34.2. The van der Waals surface area contributed by atoms with Crippen molar-refractivity contribution < 1.29 is 19.1 Å². The van der Waals surface area contributed by atoms with E-state index in [4.69, 9.17) is 4.74 Å². The molecular formula is C15H25NO4. The maximum atomic E-state index is 11.4. The maximum absolute atomic E-state index is 11.4. The number of ether oxygens (including phenoxy) is 1. The molecule has 5 nitrogen and oxygen atoms in total. The van der Waals surface area contributed by atoms with Crippen LogP contribution >= 0.6 is 0 Å². The Labute approximate surface area is 120 Å². The SMILES string of the molecule is CC/C=C\CC(=O)C(=O)NCCCC(=O)OC(C)(C)C. The van der Waals surface area contributed by atoms with Crippen LogP contribution in [0.5, 0.6) is 0 Å². The van der Waals surface area contributed by atoms with Crippen LogP contribution in [0.1, 0.15) is 53.4 Å². The first-order chi connectivity index (χ1) is 9.26. The Morgan fingerprint density at radius 3 is 2.35 bits per heavy atom. The molecule has 0 fully saturated rings. The molecule has 0 unspecified atom stereocenters. The molecule has 20 heavy (non-hydrogen) atoms.